The van der Waals surface area contributed by atoms with E-state index in [-0.39, 0.29) is 11.9 Å². The molecule has 3 nitrogen and oxygen atoms in total. The van der Waals surface area contributed by atoms with Crippen molar-refractivity contribution in [3.05, 3.63) is 34.9 Å². The summed E-state index contributed by atoms with van der Waals surface area (Å²) >= 11 is 6.08. The maximum absolute atomic E-state index is 12.0. The van der Waals surface area contributed by atoms with Crippen LogP contribution in [0.3, 0.4) is 0 Å². The Morgan fingerprint density at radius 1 is 1.44 bits per heavy atom. The van der Waals surface area contributed by atoms with E-state index in [4.69, 9.17) is 11.6 Å². The topological polar surface area (TPSA) is 32.3 Å². The first-order valence-electron chi connectivity index (χ1n) is 6.25. The van der Waals surface area contributed by atoms with E-state index in [1.807, 2.05) is 45.2 Å². The lowest BCUT2D eigenvalue weighted by Gasteiger charge is -2.20. The molecule has 1 aromatic carbocycles. The van der Waals surface area contributed by atoms with Gasteiger partial charge in [-0.3, -0.25) is 4.79 Å². The van der Waals surface area contributed by atoms with E-state index in [0.29, 0.717) is 18.0 Å². The lowest BCUT2D eigenvalue weighted by molar-refractivity contribution is -0.130. The van der Waals surface area contributed by atoms with Crippen molar-refractivity contribution in [2.75, 3.05) is 13.6 Å². The van der Waals surface area contributed by atoms with Crippen LogP contribution in [0, 0.1) is 0 Å². The zero-order valence-electron chi connectivity index (χ0n) is 11.2. The summed E-state index contributed by atoms with van der Waals surface area (Å²) in [5.41, 5.74) is 0.978. The normalized spacial score (nSPS) is 12.2. The van der Waals surface area contributed by atoms with E-state index in [1.165, 1.54) is 0 Å². The van der Waals surface area contributed by atoms with Crippen molar-refractivity contribution >= 4 is 17.5 Å². The highest BCUT2D eigenvalue weighted by atomic mass is 35.5. The van der Waals surface area contributed by atoms with Gasteiger partial charge in [0.1, 0.15) is 0 Å². The van der Waals surface area contributed by atoms with Crippen LogP contribution in [0.5, 0.6) is 0 Å². The van der Waals surface area contributed by atoms with Gasteiger partial charge in [-0.1, -0.05) is 36.7 Å². The van der Waals surface area contributed by atoms with Crippen LogP contribution in [-0.2, 0) is 11.3 Å². The number of carbonyl (C=O) groups excluding carboxylic acids is 1. The molecule has 0 fully saturated rings. The van der Waals surface area contributed by atoms with E-state index < -0.39 is 0 Å². The molecule has 4 heteroatoms. The van der Waals surface area contributed by atoms with Crippen LogP contribution in [0.4, 0.5) is 0 Å². The summed E-state index contributed by atoms with van der Waals surface area (Å²) in [7, 11) is 1.81. The number of nitrogens with zero attached hydrogens (tertiary/aromatic N) is 1. The highest BCUT2D eigenvalue weighted by molar-refractivity contribution is 6.31. The number of nitrogens with one attached hydrogen (secondary N) is 1. The van der Waals surface area contributed by atoms with E-state index in [0.717, 1.165) is 12.1 Å². The molecule has 0 aliphatic rings. The van der Waals surface area contributed by atoms with Crippen LogP contribution in [0.25, 0.3) is 0 Å². The number of hydrogen-bond acceptors (Lipinski definition) is 2. The summed E-state index contributed by atoms with van der Waals surface area (Å²) < 4.78 is 0. The van der Waals surface area contributed by atoms with Crippen molar-refractivity contribution in [1.82, 2.24) is 10.2 Å². The lowest BCUT2D eigenvalue weighted by Crippen LogP contribution is -2.34. The molecule has 0 radical (unpaired) electrons. The second-order valence-corrected chi connectivity index (χ2v) is 4.91. The molecule has 0 saturated carbocycles. The van der Waals surface area contributed by atoms with Gasteiger partial charge in [-0.15, -0.1) is 0 Å². The molecule has 0 aliphatic heterocycles. The van der Waals surface area contributed by atoms with E-state index in [2.05, 4.69) is 5.32 Å². The van der Waals surface area contributed by atoms with Crippen molar-refractivity contribution in [2.24, 2.45) is 0 Å². The van der Waals surface area contributed by atoms with Gasteiger partial charge in [0.2, 0.25) is 5.91 Å². The molecule has 0 spiro atoms. The Kier molecular flexibility index (Phi) is 6.16. The second-order valence-electron chi connectivity index (χ2n) is 4.50. The highest BCUT2D eigenvalue weighted by Gasteiger charge is 2.13. The molecule has 0 bridgehead atoms. The van der Waals surface area contributed by atoms with E-state index >= 15 is 0 Å². The summed E-state index contributed by atoms with van der Waals surface area (Å²) in [6, 6.07) is 7.81. The van der Waals surface area contributed by atoms with Gasteiger partial charge in [0.05, 0.1) is 0 Å². The Morgan fingerprint density at radius 3 is 2.72 bits per heavy atom. The summed E-state index contributed by atoms with van der Waals surface area (Å²) in [4.78, 5) is 13.7. The number of amides is 1. The Bertz CT molecular complexity index is 395. The molecule has 1 aromatic rings. The SMILES string of the molecule is CCNC(C)CC(=O)N(C)Cc1ccccc1Cl. The minimum Gasteiger partial charge on any atom is -0.341 e. The van der Waals surface area contributed by atoms with Gasteiger partial charge < -0.3 is 10.2 Å². The first kappa shape index (κ1) is 15.0. The molecule has 1 atom stereocenters. The van der Waals surface area contributed by atoms with E-state index in [9.17, 15) is 4.79 Å². The molecule has 0 aliphatic carbocycles. The third-order valence-electron chi connectivity index (χ3n) is 2.82. The van der Waals surface area contributed by atoms with Crippen molar-refractivity contribution < 1.29 is 4.79 Å². The molecule has 1 rings (SSSR count). The summed E-state index contributed by atoms with van der Waals surface area (Å²) in [6.45, 7) is 5.49. The fourth-order valence-corrected chi connectivity index (χ4v) is 2.00. The number of benzene rings is 1. The van der Waals surface area contributed by atoms with Crippen molar-refractivity contribution in [2.45, 2.75) is 32.9 Å². The van der Waals surface area contributed by atoms with Gasteiger partial charge >= 0.3 is 0 Å². The molecular weight excluding hydrogens is 248 g/mol. The summed E-state index contributed by atoms with van der Waals surface area (Å²) in [5, 5.41) is 3.94. The van der Waals surface area contributed by atoms with Crippen LogP contribution in [-0.4, -0.2) is 30.4 Å². The molecule has 1 amide bonds. The second kappa shape index (κ2) is 7.39. The molecule has 0 aromatic heterocycles. The number of halogens is 1. The van der Waals surface area contributed by atoms with Gasteiger partial charge in [-0.05, 0) is 25.1 Å². The summed E-state index contributed by atoms with van der Waals surface area (Å²) in [6.07, 6.45) is 0.509. The average Bonchev–Trinajstić information content (AvgIpc) is 2.32. The zero-order valence-corrected chi connectivity index (χ0v) is 12.0. The molecule has 1 N–H and O–H groups in total. The Balaban J connectivity index is 2.52. The highest BCUT2D eigenvalue weighted by Crippen LogP contribution is 2.16. The molecule has 100 valence electrons. The fraction of sp³-hybridized carbons (Fsp3) is 0.500. The van der Waals surface area contributed by atoms with Crippen LogP contribution in [0.2, 0.25) is 5.02 Å². The van der Waals surface area contributed by atoms with Gasteiger partial charge in [0, 0.05) is 31.1 Å². The molecule has 0 heterocycles. The predicted molar refractivity (Wildman–Crippen MR) is 75.7 cm³/mol. The Labute approximate surface area is 114 Å². The number of hydrogen-bond donors (Lipinski definition) is 1. The maximum atomic E-state index is 12.0. The first-order chi connectivity index (χ1) is 8.54. The van der Waals surface area contributed by atoms with Gasteiger partial charge in [-0.2, -0.15) is 0 Å². The fourth-order valence-electron chi connectivity index (χ4n) is 1.81. The molecule has 18 heavy (non-hydrogen) atoms. The quantitative estimate of drug-likeness (QED) is 0.860. The number of carbonyl (C=O) groups is 1. The number of rotatable bonds is 6. The minimum absolute atomic E-state index is 0.128. The van der Waals surface area contributed by atoms with Crippen molar-refractivity contribution in [1.29, 1.82) is 0 Å². The third kappa shape index (κ3) is 4.67. The van der Waals surface area contributed by atoms with E-state index in [1.54, 1.807) is 4.90 Å². The van der Waals surface area contributed by atoms with Crippen LogP contribution in [0.15, 0.2) is 24.3 Å². The monoisotopic (exact) mass is 268 g/mol. The Morgan fingerprint density at radius 2 is 2.11 bits per heavy atom. The molecule has 1 unspecified atom stereocenters. The maximum Gasteiger partial charge on any atom is 0.224 e. The molecular formula is C14H21ClN2O. The minimum atomic E-state index is 0.128. The third-order valence-corrected chi connectivity index (χ3v) is 3.19. The standard InChI is InChI=1S/C14H21ClN2O/c1-4-16-11(2)9-14(18)17(3)10-12-7-5-6-8-13(12)15/h5-8,11,16H,4,9-10H2,1-3H3. The zero-order chi connectivity index (χ0) is 13.5. The molecule has 0 saturated heterocycles. The summed E-state index contributed by atoms with van der Waals surface area (Å²) in [5.74, 6) is 0.128. The predicted octanol–water partition coefficient (Wildman–Crippen LogP) is 2.69. The lowest BCUT2D eigenvalue weighted by atomic mass is 10.2. The van der Waals surface area contributed by atoms with Crippen LogP contribution >= 0.6 is 11.6 Å². The van der Waals surface area contributed by atoms with Gasteiger partial charge in [0.25, 0.3) is 0 Å². The van der Waals surface area contributed by atoms with Crippen LogP contribution in [0.1, 0.15) is 25.8 Å². The van der Waals surface area contributed by atoms with Gasteiger partial charge in [-0.25, -0.2) is 0 Å². The smallest absolute Gasteiger partial charge is 0.224 e. The van der Waals surface area contributed by atoms with Gasteiger partial charge in [0.15, 0.2) is 0 Å². The van der Waals surface area contributed by atoms with Crippen molar-refractivity contribution in [3.8, 4) is 0 Å². The Hall–Kier alpha value is -1.06. The first-order valence-corrected chi connectivity index (χ1v) is 6.63. The largest absolute Gasteiger partial charge is 0.341 e. The van der Waals surface area contributed by atoms with Crippen molar-refractivity contribution in [3.63, 3.8) is 0 Å². The average molecular weight is 269 g/mol. The van der Waals surface area contributed by atoms with Crippen LogP contribution < -0.4 is 5.32 Å².